The third-order valence-corrected chi connectivity index (χ3v) is 6.83. The van der Waals surface area contributed by atoms with Gasteiger partial charge in [0, 0.05) is 37.0 Å². The molecule has 2 unspecified atom stereocenters. The number of sulfonamides is 1. The molecule has 0 saturated carbocycles. The number of benzene rings is 1. The highest BCUT2D eigenvalue weighted by molar-refractivity contribution is 7.88. The molecule has 0 spiro atoms. The minimum atomic E-state index is -3.75. The Morgan fingerprint density at radius 3 is 2.62 bits per heavy atom. The van der Waals surface area contributed by atoms with Crippen LogP contribution in [0.25, 0.3) is 0 Å². The van der Waals surface area contributed by atoms with Gasteiger partial charge in [0.25, 0.3) is 11.8 Å². The fraction of sp³-hybridized carbons (Fsp3) is 0.429. The number of nitrogens with one attached hydrogen (secondary N) is 2. The van der Waals surface area contributed by atoms with Crippen molar-refractivity contribution in [1.82, 2.24) is 19.8 Å². The summed E-state index contributed by atoms with van der Waals surface area (Å²) in [7, 11) is -3.75. The van der Waals surface area contributed by atoms with Crippen LogP contribution in [0.5, 0.6) is 0 Å². The molecule has 3 atom stereocenters. The van der Waals surface area contributed by atoms with Crippen molar-refractivity contribution in [2.75, 3.05) is 19.3 Å². The van der Waals surface area contributed by atoms with Gasteiger partial charge >= 0.3 is 0 Å². The van der Waals surface area contributed by atoms with E-state index in [4.69, 9.17) is 0 Å². The Morgan fingerprint density at radius 2 is 2.00 bits per heavy atom. The zero-order chi connectivity index (χ0) is 24.9. The van der Waals surface area contributed by atoms with Crippen LogP contribution in [0.15, 0.2) is 40.9 Å². The van der Waals surface area contributed by atoms with Gasteiger partial charge in [0.1, 0.15) is 23.4 Å². The van der Waals surface area contributed by atoms with Crippen molar-refractivity contribution in [2.45, 2.75) is 38.1 Å². The number of halogens is 2. The number of nitrogens with zero attached hydrogens (tertiary/aromatic N) is 2. The maximum absolute atomic E-state index is 14.0. The zero-order valence-corrected chi connectivity index (χ0v) is 19.2. The van der Waals surface area contributed by atoms with Crippen LogP contribution in [0.1, 0.15) is 18.9 Å². The lowest BCUT2D eigenvalue weighted by Crippen LogP contribution is -2.55. The number of amides is 2. The van der Waals surface area contributed by atoms with E-state index in [0.29, 0.717) is 12.6 Å². The van der Waals surface area contributed by atoms with E-state index in [2.05, 4.69) is 10.0 Å². The lowest BCUT2D eigenvalue weighted by atomic mass is 9.95. The van der Waals surface area contributed by atoms with E-state index in [0.717, 1.165) is 18.4 Å². The van der Waals surface area contributed by atoms with Gasteiger partial charge in [0.2, 0.25) is 10.0 Å². The van der Waals surface area contributed by atoms with Gasteiger partial charge in [0.15, 0.2) is 5.76 Å². The summed E-state index contributed by atoms with van der Waals surface area (Å²) in [6.45, 7) is 1.94. The number of likely N-dealkylation sites (N-methyl/N-ethyl adjacent to an activating group) is 1. The van der Waals surface area contributed by atoms with Crippen molar-refractivity contribution in [3.63, 3.8) is 0 Å². The van der Waals surface area contributed by atoms with Crippen molar-refractivity contribution in [3.8, 4) is 0 Å². The Bertz CT molecular complexity index is 1230. The second-order valence-electron chi connectivity index (χ2n) is 8.40. The number of piperazine rings is 1. The van der Waals surface area contributed by atoms with Crippen molar-refractivity contribution in [2.24, 2.45) is 0 Å². The first-order valence-electron chi connectivity index (χ1n) is 10.6. The number of rotatable bonds is 6. The van der Waals surface area contributed by atoms with E-state index in [9.17, 15) is 37.0 Å². The summed E-state index contributed by atoms with van der Waals surface area (Å²) in [5, 5.41) is 23.9. The molecule has 0 radical (unpaired) electrons. The molecule has 2 saturated heterocycles. The Labute approximate surface area is 194 Å². The number of aliphatic hydroxyl groups excluding tert-OH is 2. The maximum Gasteiger partial charge on any atom is 0.274 e. The summed E-state index contributed by atoms with van der Waals surface area (Å²) < 4.78 is 53.6. The van der Waals surface area contributed by atoms with Crippen LogP contribution in [0, 0.1) is 11.6 Å². The van der Waals surface area contributed by atoms with Crippen LogP contribution < -0.4 is 10.0 Å². The van der Waals surface area contributed by atoms with Gasteiger partial charge in [-0.1, -0.05) is 6.07 Å². The smallest absolute Gasteiger partial charge is 0.274 e. The van der Waals surface area contributed by atoms with Crippen LogP contribution in [-0.4, -0.2) is 77.8 Å². The Hall–Kier alpha value is -3.03. The molecular weight excluding hydrogens is 474 g/mol. The predicted molar refractivity (Wildman–Crippen MR) is 115 cm³/mol. The molecule has 10 nitrogen and oxygen atoms in total. The first kappa shape index (κ1) is 24.1. The molecule has 3 heterocycles. The van der Waals surface area contributed by atoms with Gasteiger partial charge in [-0.25, -0.2) is 21.9 Å². The second-order valence-corrected chi connectivity index (χ2v) is 10.2. The summed E-state index contributed by atoms with van der Waals surface area (Å²) in [5.74, 6) is -3.85. The number of carbonyl (C=O) groups is 2. The zero-order valence-electron chi connectivity index (χ0n) is 18.4. The number of hydrogen-bond acceptors (Lipinski definition) is 7. The summed E-state index contributed by atoms with van der Waals surface area (Å²) in [5.41, 5.74) is -0.533. The second kappa shape index (κ2) is 8.64. The van der Waals surface area contributed by atoms with Crippen LogP contribution in [0.4, 0.5) is 8.78 Å². The first-order valence-corrected chi connectivity index (χ1v) is 12.4. The SMILES string of the molecule is CCN1CC2C[C@H](NS(C)(=O)=O)C3=C(C(=O)NCc4ccc(F)cc4F)C(O)C(O)=C(C1=O)N32. The van der Waals surface area contributed by atoms with Gasteiger partial charge in [-0.3, -0.25) is 9.59 Å². The van der Waals surface area contributed by atoms with Gasteiger partial charge < -0.3 is 25.3 Å². The minimum absolute atomic E-state index is 0.0204. The van der Waals surface area contributed by atoms with Gasteiger partial charge in [0.05, 0.1) is 23.9 Å². The monoisotopic (exact) mass is 498 g/mol. The van der Waals surface area contributed by atoms with Crippen molar-refractivity contribution >= 4 is 21.8 Å². The number of hydrogen-bond donors (Lipinski definition) is 4. The maximum atomic E-state index is 14.0. The summed E-state index contributed by atoms with van der Waals surface area (Å²) in [6, 6.07) is 1.43. The summed E-state index contributed by atoms with van der Waals surface area (Å²) in [4.78, 5) is 28.9. The predicted octanol–water partition coefficient (Wildman–Crippen LogP) is -0.167. The summed E-state index contributed by atoms with van der Waals surface area (Å²) >= 11 is 0. The third-order valence-electron chi connectivity index (χ3n) is 6.11. The Balaban J connectivity index is 1.74. The lowest BCUT2D eigenvalue weighted by Gasteiger charge is -2.43. The molecule has 1 aromatic carbocycles. The number of aliphatic hydroxyl groups is 2. The van der Waals surface area contributed by atoms with E-state index < -0.39 is 57.4 Å². The molecular formula is C21H24F2N4O6S. The molecule has 13 heteroatoms. The standard InChI is InChI=1S/C21H24F2N4O6S/c1-3-26-9-12-7-14(25-34(2,32)33)16-15(18(28)19(29)17(21(26)31)27(12)16)20(30)24-8-10-4-5-11(22)6-13(10)23/h4-6,12,14,18,25,28-29H,3,7-9H2,1-2H3,(H,24,30)/t12?,14-,18?/m0/s1. The van der Waals surface area contributed by atoms with E-state index in [1.54, 1.807) is 6.92 Å². The van der Waals surface area contributed by atoms with Crippen molar-refractivity contribution in [3.05, 3.63) is 58.1 Å². The van der Waals surface area contributed by atoms with Crippen LogP contribution in [0.2, 0.25) is 0 Å². The third kappa shape index (κ3) is 4.14. The van der Waals surface area contributed by atoms with Crippen LogP contribution in [-0.2, 0) is 26.2 Å². The fourth-order valence-corrected chi connectivity index (χ4v) is 5.40. The van der Waals surface area contributed by atoms with Crippen molar-refractivity contribution in [1.29, 1.82) is 0 Å². The molecule has 2 fully saturated rings. The topological polar surface area (TPSA) is 139 Å². The van der Waals surface area contributed by atoms with E-state index >= 15 is 0 Å². The highest BCUT2D eigenvalue weighted by atomic mass is 32.2. The highest BCUT2D eigenvalue weighted by Crippen LogP contribution is 2.43. The van der Waals surface area contributed by atoms with Crippen molar-refractivity contribution < 1.29 is 37.0 Å². The van der Waals surface area contributed by atoms with Crippen LogP contribution >= 0.6 is 0 Å². The van der Waals surface area contributed by atoms with E-state index in [1.165, 1.54) is 9.80 Å². The highest BCUT2D eigenvalue weighted by Gasteiger charge is 2.53. The molecule has 4 N–H and O–H groups in total. The molecule has 0 bridgehead atoms. The largest absolute Gasteiger partial charge is 0.507 e. The molecule has 3 aliphatic heterocycles. The molecule has 184 valence electrons. The molecule has 4 rings (SSSR count). The van der Waals surface area contributed by atoms with Gasteiger partial charge in [-0.15, -0.1) is 0 Å². The molecule has 0 aromatic heterocycles. The average Bonchev–Trinajstić information content (AvgIpc) is 3.07. The molecule has 3 aliphatic rings. The minimum Gasteiger partial charge on any atom is -0.507 e. The lowest BCUT2D eigenvalue weighted by molar-refractivity contribution is -0.133. The molecule has 1 aromatic rings. The fourth-order valence-electron chi connectivity index (χ4n) is 4.67. The van der Waals surface area contributed by atoms with E-state index in [-0.39, 0.29) is 42.0 Å². The Kier molecular flexibility index (Phi) is 6.12. The van der Waals surface area contributed by atoms with Crippen LogP contribution in [0.3, 0.4) is 0 Å². The van der Waals surface area contributed by atoms with Gasteiger partial charge in [-0.05, 0) is 19.4 Å². The number of carbonyl (C=O) groups excluding carboxylic acids is 2. The average molecular weight is 499 g/mol. The first-order chi connectivity index (χ1) is 15.9. The van der Waals surface area contributed by atoms with Gasteiger partial charge in [-0.2, -0.15) is 0 Å². The quantitative estimate of drug-likeness (QED) is 0.427. The molecule has 2 amide bonds. The Morgan fingerprint density at radius 1 is 1.29 bits per heavy atom. The normalized spacial score (nSPS) is 24.6. The van der Waals surface area contributed by atoms with E-state index in [1.807, 2.05) is 0 Å². The molecule has 0 aliphatic carbocycles. The summed E-state index contributed by atoms with van der Waals surface area (Å²) in [6.07, 6.45) is -0.791. The molecule has 34 heavy (non-hydrogen) atoms.